The molecule has 0 aliphatic heterocycles. The van der Waals surface area contributed by atoms with Gasteiger partial charge in [-0.2, -0.15) is 0 Å². The molecule has 0 fully saturated rings. The standard InChI is InChI=1S/C7H13N3O2Si/c1-13(2,3)12-7-5(6(8)11)9-4-10-7/h4H,1-3H3,(H2,8,11)(H,9,10). The number of hydrogen-bond acceptors (Lipinski definition) is 3. The quantitative estimate of drug-likeness (QED) is 0.704. The molecule has 0 unspecified atom stereocenters. The lowest BCUT2D eigenvalue weighted by molar-refractivity contribution is 0.0994. The largest absolute Gasteiger partial charge is 0.530 e. The number of carbonyl (C=O) groups excluding carboxylic acids is 1. The van der Waals surface area contributed by atoms with Crippen LogP contribution in [-0.4, -0.2) is 24.2 Å². The van der Waals surface area contributed by atoms with E-state index in [-0.39, 0.29) is 5.69 Å². The molecular formula is C7H13N3O2Si. The molecule has 3 N–H and O–H groups in total. The van der Waals surface area contributed by atoms with Gasteiger partial charge in [0.25, 0.3) is 5.91 Å². The van der Waals surface area contributed by atoms with E-state index >= 15 is 0 Å². The van der Waals surface area contributed by atoms with Gasteiger partial charge in [-0.25, -0.2) is 4.98 Å². The summed E-state index contributed by atoms with van der Waals surface area (Å²) in [4.78, 5) is 17.4. The molecule has 0 aliphatic rings. The van der Waals surface area contributed by atoms with E-state index in [9.17, 15) is 4.79 Å². The van der Waals surface area contributed by atoms with Crippen molar-refractivity contribution >= 4 is 14.2 Å². The Balaban J connectivity index is 2.89. The average Bonchev–Trinajstić information content (AvgIpc) is 2.31. The number of carbonyl (C=O) groups is 1. The highest BCUT2D eigenvalue weighted by Crippen LogP contribution is 2.16. The third-order valence-corrected chi connectivity index (χ3v) is 2.06. The summed E-state index contributed by atoms with van der Waals surface area (Å²) in [6.07, 6.45) is 1.40. The van der Waals surface area contributed by atoms with Crippen LogP contribution in [0.15, 0.2) is 6.33 Å². The van der Waals surface area contributed by atoms with E-state index < -0.39 is 14.2 Å². The van der Waals surface area contributed by atoms with Gasteiger partial charge in [0.15, 0.2) is 5.69 Å². The summed E-state index contributed by atoms with van der Waals surface area (Å²) in [7, 11) is -1.73. The van der Waals surface area contributed by atoms with Crippen LogP contribution in [0.5, 0.6) is 5.88 Å². The minimum Gasteiger partial charge on any atom is -0.530 e. The zero-order valence-corrected chi connectivity index (χ0v) is 8.92. The lowest BCUT2D eigenvalue weighted by atomic mass is 10.4. The van der Waals surface area contributed by atoms with Crippen LogP contribution in [0.3, 0.4) is 0 Å². The molecule has 1 rings (SSSR count). The van der Waals surface area contributed by atoms with Crippen molar-refractivity contribution in [3.05, 3.63) is 12.0 Å². The molecule has 0 saturated heterocycles. The molecule has 6 heteroatoms. The van der Waals surface area contributed by atoms with Crippen molar-refractivity contribution in [2.75, 3.05) is 0 Å². The Bertz CT molecular complexity index is 316. The van der Waals surface area contributed by atoms with Crippen LogP contribution in [-0.2, 0) is 0 Å². The molecule has 1 aromatic rings. The maximum Gasteiger partial charge on any atom is 0.270 e. The van der Waals surface area contributed by atoms with E-state index in [1.54, 1.807) is 0 Å². The third-order valence-electron chi connectivity index (χ3n) is 1.25. The van der Waals surface area contributed by atoms with Gasteiger partial charge < -0.3 is 15.1 Å². The summed E-state index contributed by atoms with van der Waals surface area (Å²) in [5.41, 5.74) is 5.34. The van der Waals surface area contributed by atoms with Crippen LogP contribution in [0.2, 0.25) is 19.6 Å². The molecule has 0 radical (unpaired) electrons. The van der Waals surface area contributed by atoms with Gasteiger partial charge in [-0.1, -0.05) is 0 Å². The van der Waals surface area contributed by atoms with Crippen molar-refractivity contribution in [3.63, 3.8) is 0 Å². The lowest BCUT2D eigenvalue weighted by Crippen LogP contribution is -2.30. The summed E-state index contributed by atoms with van der Waals surface area (Å²) in [5.74, 6) is -0.239. The minimum atomic E-state index is -1.73. The molecule has 1 heterocycles. The van der Waals surface area contributed by atoms with Crippen molar-refractivity contribution in [2.45, 2.75) is 19.6 Å². The summed E-state index contributed by atoms with van der Waals surface area (Å²) < 4.78 is 5.53. The second-order valence-corrected chi connectivity index (χ2v) is 8.09. The highest BCUT2D eigenvalue weighted by Gasteiger charge is 2.21. The van der Waals surface area contributed by atoms with Crippen molar-refractivity contribution in [1.82, 2.24) is 9.97 Å². The highest BCUT2D eigenvalue weighted by molar-refractivity contribution is 6.70. The number of hydrogen-bond donors (Lipinski definition) is 2. The normalized spacial score (nSPS) is 11.3. The molecular weight excluding hydrogens is 186 g/mol. The number of imidazole rings is 1. The monoisotopic (exact) mass is 199 g/mol. The van der Waals surface area contributed by atoms with Gasteiger partial charge in [-0.05, 0) is 19.6 Å². The first-order chi connectivity index (χ1) is 5.90. The molecule has 0 atom stereocenters. The van der Waals surface area contributed by atoms with Crippen molar-refractivity contribution in [3.8, 4) is 5.88 Å². The van der Waals surface area contributed by atoms with E-state index in [0.29, 0.717) is 5.88 Å². The first-order valence-corrected chi connectivity index (χ1v) is 7.33. The van der Waals surface area contributed by atoms with Gasteiger partial charge >= 0.3 is 0 Å². The van der Waals surface area contributed by atoms with Gasteiger partial charge in [-0.15, -0.1) is 0 Å². The summed E-state index contributed by atoms with van der Waals surface area (Å²) >= 11 is 0. The molecule has 72 valence electrons. The Labute approximate surface area is 77.4 Å². The van der Waals surface area contributed by atoms with E-state index in [4.69, 9.17) is 10.2 Å². The third kappa shape index (κ3) is 2.58. The Hall–Kier alpha value is -1.30. The van der Waals surface area contributed by atoms with Crippen LogP contribution in [0.4, 0.5) is 0 Å². The summed E-state index contributed by atoms with van der Waals surface area (Å²) in [6, 6.07) is 0. The van der Waals surface area contributed by atoms with Crippen LogP contribution in [0.25, 0.3) is 0 Å². The number of nitrogens with zero attached hydrogens (tertiary/aromatic N) is 1. The molecule has 0 bridgehead atoms. The van der Waals surface area contributed by atoms with E-state index in [1.165, 1.54) is 6.33 Å². The molecule has 0 aromatic carbocycles. The second kappa shape index (κ2) is 3.21. The number of nitrogens with one attached hydrogen (secondary N) is 1. The first-order valence-electron chi connectivity index (χ1n) is 3.92. The number of aromatic nitrogens is 2. The number of aromatic amines is 1. The van der Waals surface area contributed by atoms with Crippen LogP contribution in [0.1, 0.15) is 10.5 Å². The molecule has 0 spiro atoms. The molecule has 13 heavy (non-hydrogen) atoms. The zero-order valence-electron chi connectivity index (χ0n) is 7.92. The van der Waals surface area contributed by atoms with Crippen molar-refractivity contribution < 1.29 is 9.22 Å². The molecule has 0 aliphatic carbocycles. The topological polar surface area (TPSA) is 81.0 Å². The van der Waals surface area contributed by atoms with Crippen molar-refractivity contribution in [1.29, 1.82) is 0 Å². The predicted octanol–water partition coefficient (Wildman–Crippen LogP) is 0.722. The van der Waals surface area contributed by atoms with Crippen LogP contribution >= 0.6 is 0 Å². The Morgan fingerprint density at radius 1 is 1.62 bits per heavy atom. The lowest BCUT2D eigenvalue weighted by Gasteiger charge is -2.17. The first kappa shape index (κ1) is 9.78. The Morgan fingerprint density at radius 3 is 2.69 bits per heavy atom. The fourth-order valence-corrected chi connectivity index (χ4v) is 1.56. The Kier molecular flexibility index (Phi) is 2.42. The zero-order chi connectivity index (χ0) is 10.1. The van der Waals surface area contributed by atoms with E-state index in [2.05, 4.69) is 9.97 Å². The number of nitrogens with two attached hydrogens (primary N) is 1. The minimum absolute atomic E-state index is 0.238. The highest BCUT2D eigenvalue weighted by atomic mass is 28.4. The SMILES string of the molecule is C[Si](C)(C)Oc1nc[nH]c1C(N)=O. The maximum atomic E-state index is 10.9. The van der Waals surface area contributed by atoms with Gasteiger partial charge in [0, 0.05) is 0 Å². The maximum absolute atomic E-state index is 10.9. The molecule has 1 aromatic heterocycles. The van der Waals surface area contributed by atoms with Crippen LogP contribution < -0.4 is 10.2 Å². The molecule has 0 saturated carbocycles. The van der Waals surface area contributed by atoms with E-state index in [0.717, 1.165) is 0 Å². The predicted molar refractivity (Wildman–Crippen MR) is 51.1 cm³/mol. The fraction of sp³-hybridized carbons (Fsp3) is 0.429. The van der Waals surface area contributed by atoms with E-state index in [1.807, 2.05) is 19.6 Å². The number of amides is 1. The van der Waals surface area contributed by atoms with Gasteiger partial charge in [0.1, 0.15) is 0 Å². The number of H-pyrrole nitrogens is 1. The summed E-state index contributed by atoms with van der Waals surface area (Å²) in [5, 5.41) is 0. The van der Waals surface area contributed by atoms with Crippen molar-refractivity contribution in [2.24, 2.45) is 5.73 Å². The summed E-state index contributed by atoms with van der Waals surface area (Å²) in [6.45, 7) is 6.02. The molecule has 1 amide bonds. The smallest absolute Gasteiger partial charge is 0.270 e. The average molecular weight is 199 g/mol. The molecule has 5 nitrogen and oxygen atoms in total. The van der Waals surface area contributed by atoms with Gasteiger partial charge in [0.2, 0.25) is 14.2 Å². The van der Waals surface area contributed by atoms with Crippen LogP contribution in [0, 0.1) is 0 Å². The number of rotatable bonds is 3. The number of primary amides is 1. The Morgan fingerprint density at radius 2 is 2.23 bits per heavy atom. The second-order valence-electron chi connectivity index (χ2n) is 3.66. The van der Waals surface area contributed by atoms with Gasteiger partial charge in [0.05, 0.1) is 6.33 Å². The fourth-order valence-electron chi connectivity index (χ4n) is 0.826. The van der Waals surface area contributed by atoms with Gasteiger partial charge in [-0.3, -0.25) is 4.79 Å².